The van der Waals surface area contributed by atoms with Crippen molar-refractivity contribution in [3.8, 4) is 23.0 Å². The van der Waals surface area contributed by atoms with Gasteiger partial charge in [0.05, 0.1) is 37.5 Å². The molecule has 2 aromatic carbocycles. The first-order chi connectivity index (χ1) is 17.7. The van der Waals surface area contributed by atoms with Gasteiger partial charge in [0.25, 0.3) is 5.89 Å². The molecule has 1 amide bonds. The molecule has 1 aliphatic rings. The molecule has 0 bridgehead atoms. The molecule has 0 saturated carbocycles. The van der Waals surface area contributed by atoms with E-state index in [9.17, 15) is 14.7 Å². The Hall–Kier alpha value is -4.34. The molecular weight excluding hydrogens is 474 g/mol. The third-order valence-electron chi connectivity index (χ3n) is 6.70. The number of ether oxygens (including phenoxy) is 1. The van der Waals surface area contributed by atoms with Crippen molar-refractivity contribution in [3.05, 3.63) is 82.2 Å². The molecule has 1 atom stereocenters. The van der Waals surface area contributed by atoms with Crippen molar-refractivity contribution in [1.29, 1.82) is 0 Å². The topological polar surface area (TPSA) is 116 Å². The molecule has 1 unspecified atom stereocenters. The van der Waals surface area contributed by atoms with E-state index in [1.165, 1.54) is 9.47 Å². The summed E-state index contributed by atoms with van der Waals surface area (Å²) in [5, 5.41) is 18.4. The van der Waals surface area contributed by atoms with Crippen molar-refractivity contribution < 1.29 is 19.1 Å². The zero-order valence-electron chi connectivity index (χ0n) is 21.2. The molecule has 0 saturated heterocycles. The Labute approximate surface area is 213 Å². The first kappa shape index (κ1) is 24.4. The summed E-state index contributed by atoms with van der Waals surface area (Å²) < 4.78 is 14.6. The van der Waals surface area contributed by atoms with Crippen molar-refractivity contribution in [3.63, 3.8) is 0 Å². The fraction of sp³-hybridized carbons (Fsp3) is 0.333. The van der Waals surface area contributed by atoms with Gasteiger partial charge in [-0.05, 0) is 35.2 Å². The smallest absolute Gasteiger partial charge is 0.407 e. The van der Waals surface area contributed by atoms with Gasteiger partial charge in [-0.25, -0.2) is 9.59 Å². The van der Waals surface area contributed by atoms with Crippen LogP contribution in [0.3, 0.4) is 0 Å². The summed E-state index contributed by atoms with van der Waals surface area (Å²) in [4.78, 5) is 27.5. The van der Waals surface area contributed by atoms with Gasteiger partial charge in [0, 0.05) is 6.54 Å². The maximum absolute atomic E-state index is 14.0. The fourth-order valence-electron chi connectivity index (χ4n) is 4.76. The normalized spacial score (nSPS) is 15.5. The monoisotopic (exact) mass is 503 g/mol. The number of aromatic nitrogens is 4. The Morgan fingerprint density at radius 1 is 1.11 bits per heavy atom. The Balaban J connectivity index is 1.72. The van der Waals surface area contributed by atoms with E-state index in [2.05, 4.69) is 10.2 Å². The Morgan fingerprint density at radius 2 is 1.81 bits per heavy atom. The molecule has 2 aromatic heterocycles. The molecule has 192 valence electrons. The van der Waals surface area contributed by atoms with Gasteiger partial charge in [0.15, 0.2) is 0 Å². The van der Waals surface area contributed by atoms with Gasteiger partial charge >= 0.3 is 11.8 Å². The molecule has 5 rings (SSSR count). The van der Waals surface area contributed by atoms with Crippen LogP contribution in [0.1, 0.15) is 44.0 Å². The lowest BCUT2D eigenvalue weighted by Gasteiger charge is -2.39. The lowest BCUT2D eigenvalue weighted by atomic mass is 9.85. The summed E-state index contributed by atoms with van der Waals surface area (Å²) in [5.41, 5.74) is 1.81. The second kappa shape index (κ2) is 9.27. The molecule has 1 N–H and O–H groups in total. The van der Waals surface area contributed by atoms with Crippen molar-refractivity contribution in [2.45, 2.75) is 39.8 Å². The molecule has 0 fully saturated rings. The third kappa shape index (κ3) is 4.50. The van der Waals surface area contributed by atoms with Crippen molar-refractivity contribution in [2.24, 2.45) is 5.41 Å². The number of rotatable bonds is 5. The minimum absolute atomic E-state index is 0.0199. The predicted octanol–water partition coefficient (Wildman–Crippen LogP) is 4.37. The molecule has 10 heteroatoms. The van der Waals surface area contributed by atoms with Crippen molar-refractivity contribution >= 4 is 6.09 Å². The SMILES string of the molecule is COc1ccc(-n2c(-c3nnc(Cc4ccccc4)o3)c3n(c2=O)C(C(C)(C)C)CN(C(=O)O)C3)cc1. The van der Waals surface area contributed by atoms with Crippen LogP contribution in [-0.4, -0.2) is 49.1 Å². The second-order valence-corrected chi connectivity index (χ2v) is 10.2. The van der Waals surface area contributed by atoms with Crippen molar-refractivity contribution in [2.75, 3.05) is 13.7 Å². The maximum atomic E-state index is 14.0. The Bertz CT molecular complexity index is 1480. The molecular formula is C27H29N5O5. The van der Waals surface area contributed by atoms with E-state index in [1.54, 1.807) is 35.9 Å². The number of fused-ring (bicyclic) bond motifs is 1. The van der Waals surface area contributed by atoms with Gasteiger partial charge in [0.2, 0.25) is 5.89 Å². The molecule has 37 heavy (non-hydrogen) atoms. The first-order valence-electron chi connectivity index (χ1n) is 12.0. The Kier molecular flexibility index (Phi) is 6.10. The van der Waals surface area contributed by atoms with Crippen LogP contribution in [0.4, 0.5) is 4.79 Å². The highest BCUT2D eigenvalue weighted by Gasteiger charge is 2.41. The lowest BCUT2D eigenvalue weighted by Crippen LogP contribution is -2.47. The van der Waals surface area contributed by atoms with Crippen LogP contribution >= 0.6 is 0 Å². The number of hydrogen-bond donors (Lipinski definition) is 1. The van der Waals surface area contributed by atoms with E-state index in [0.717, 1.165) is 5.56 Å². The predicted molar refractivity (Wildman–Crippen MR) is 136 cm³/mol. The summed E-state index contributed by atoms with van der Waals surface area (Å²) >= 11 is 0. The highest BCUT2D eigenvalue weighted by molar-refractivity contribution is 5.66. The van der Waals surface area contributed by atoms with Gasteiger partial charge in [-0.15, -0.1) is 10.2 Å². The average molecular weight is 504 g/mol. The van der Waals surface area contributed by atoms with Crippen molar-refractivity contribution in [1.82, 2.24) is 24.2 Å². The fourth-order valence-corrected chi connectivity index (χ4v) is 4.76. The minimum atomic E-state index is -1.05. The average Bonchev–Trinajstić information content (AvgIpc) is 3.45. The number of carbonyl (C=O) groups is 1. The zero-order valence-corrected chi connectivity index (χ0v) is 21.2. The lowest BCUT2D eigenvalue weighted by molar-refractivity contribution is 0.0938. The van der Waals surface area contributed by atoms with Gasteiger partial charge < -0.3 is 19.2 Å². The van der Waals surface area contributed by atoms with E-state index < -0.39 is 17.6 Å². The molecule has 10 nitrogen and oxygen atoms in total. The molecule has 0 spiro atoms. The highest BCUT2D eigenvalue weighted by Crippen LogP contribution is 2.38. The van der Waals surface area contributed by atoms with Crippen LogP contribution in [0.25, 0.3) is 17.3 Å². The molecule has 1 aliphatic heterocycles. The van der Waals surface area contributed by atoms with E-state index in [4.69, 9.17) is 9.15 Å². The van der Waals surface area contributed by atoms with E-state index in [-0.39, 0.29) is 24.7 Å². The summed E-state index contributed by atoms with van der Waals surface area (Å²) in [6.07, 6.45) is -0.617. The molecule has 0 radical (unpaired) electrons. The van der Waals surface area contributed by atoms with Gasteiger partial charge in [-0.2, -0.15) is 0 Å². The second-order valence-electron chi connectivity index (χ2n) is 10.2. The van der Waals surface area contributed by atoms with Gasteiger partial charge in [-0.1, -0.05) is 51.1 Å². The summed E-state index contributed by atoms with van der Waals surface area (Å²) in [7, 11) is 1.57. The van der Waals surface area contributed by atoms with E-state index in [0.29, 0.717) is 35.1 Å². The number of amides is 1. The van der Waals surface area contributed by atoms with Crippen LogP contribution in [0.15, 0.2) is 63.8 Å². The number of benzene rings is 2. The molecule has 3 heterocycles. The number of imidazole rings is 1. The third-order valence-corrected chi connectivity index (χ3v) is 6.70. The molecule has 0 aliphatic carbocycles. The highest BCUT2D eigenvalue weighted by atomic mass is 16.5. The largest absolute Gasteiger partial charge is 0.497 e. The van der Waals surface area contributed by atoms with Gasteiger partial charge in [-0.3, -0.25) is 9.13 Å². The van der Waals surface area contributed by atoms with Crippen LogP contribution in [0, 0.1) is 5.41 Å². The molecule has 4 aromatic rings. The van der Waals surface area contributed by atoms with E-state index in [1.807, 2.05) is 51.1 Å². The first-order valence-corrected chi connectivity index (χ1v) is 12.0. The van der Waals surface area contributed by atoms with Crippen LogP contribution < -0.4 is 10.4 Å². The van der Waals surface area contributed by atoms with Gasteiger partial charge in [0.1, 0.15) is 11.4 Å². The Morgan fingerprint density at radius 3 is 2.43 bits per heavy atom. The minimum Gasteiger partial charge on any atom is -0.497 e. The van der Waals surface area contributed by atoms with Crippen LogP contribution in [0.5, 0.6) is 5.75 Å². The van der Waals surface area contributed by atoms with E-state index >= 15 is 0 Å². The van der Waals surface area contributed by atoms with Crippen LogP contribution in [0.2, 0.25) is 0 Å². The summed E-state index contributed by atoms with van der Waals surface area (Å²) in [6, 6.07) is 16.4. The zero-order chi connectivity index (χ0) is 26.3. The maximum Gasteiger partial charge on any atom is 0.407 e. The number of hydrogen-bond acceptors (Lipinski definition) is 6. The quantitative estimate of drug-likeness (QED) is 0.430. The number of carboxylic acid groups (broad SMARTS) is 1. The summed E-state index contributed by atoms with van der Waals surface area (Å²) in [5.74, 6) is 1.20. The van der Waals surface area contributed by atoms with Crippen LogP contribution in [-0.2, 0) is 13.0 Å². The number of nitrogens with zero attached hydrogens (tertiary/aromatic N) is 5. The summed E-state index contributed by atoms with van der Waals surface area (Å²) in [6.45, 7) is 6.20. The standard InChI is InChI=1S/C27H29N5O5/c1-27(2,3)21-16-30(26(34)35)15-20-23(24-29-28-22(37-24)14-17-8-6-5-7-9-17)31(25(33)32(20)21)18-10-12-19(36-4)13-11-18/h5-13,21H,14-16H2,1-4H3,(H,34,35). The number of methoxy groups -OCH3 is 1.